The van der Waals surface area contributed by atoms with Crippen molar-refractivity contribution in [3.63, 3.8) is 0 Å². The summed E-state index contributed by atoms with van der Waals surface area (Å²) in [6, 6.07) is 1.79. The van der Waals surface area contributed by atoms with Crippen LogP contribution in [0.5, 0.6) is 5.88 Å². The number of amides is 1. The molecule has 0 saturated carbocycles. The monoisotopic (exact) mass is 253 g/mol. The lowest BCUT2D eigenvalue weighted by atomic mass is 10.0. The van der Waals surface area contributed by atoms with E-state index in [1.807, 2.05) is 7.05 Å². The molecule has 0 unspecified atom stereocenters. The molecule has 1 aliphatic heterocycles. The van der Waals surface area contributed by atoms with Crippen LogP contribution in [0, 0.1) is 0 Å². The second-order valence-electron chi connectivity index (χ2n) is 4.68. The van der Waals surface area contributed by atoms with E-state index in [1.54, 1.807) is 4.90 Å². The highest BCUT2D eigenvalue weighted by atomic mass is 16.5. The Kier molecular flexibility index (Phi) is 3.86. The average Bonchev–Trinajstić information content (AvgIpc) is 2.86. The first kappa shape index (κ1) is 12.9. The highest BCUT2D eigenvalue weighted by molar-refractivity contribution is 5.91. The number of hydrogen-bond donors (Lipinski definition) is 0. The Hall–Kier alpha value is -1.56. The van der Waals surface area contributed by atoms with Crippen LogP contribution in [0.25, 0.3) is 0 Å². The molecule has 0 spiro atoms. The summed E-state index contributed by atoms with van der Waals surface area (Å²) in [6.45, 7) is 2.03. The molecule has 2 heterocycles. The minimum Gasteiger partial charge on any atom is -0.479 e. The molecule has 0 N–H and O–H groups in total. The van der Waals surface area contributed by atoms with Crippen molar-refractivity contribution in [3.05, 3.63) is 11.8 Å². The second-order valence-corrected chi connectivity index (χ2v) is 4.68. The van der Waals surface area contributed by atoms with Crippen molar-refractivity contribution in [2.75, 3.05) is 34.3 Å². The maximum atomic E-state index is 12.2. The molecule has 18 heavy (non-hydrogen) atoms. The average molecular weight is 253 g/mol. The van der Waals surface area contributed by atoms with Crippen LogP contribution < -0.4 is 4.74 Å². The third-order valence-corrected chi connectivity index (χ3v) is 3.46. The number of methoxy groups -OCH3 is 1. The molecule has 0 aromatic carbocycles. The van der Waals surface area contributed by atoms with E-state index in [0.29, 0.717) is 5.88 Å². The van der Waals surface area contributed by atoms with Crippen LogP contribution in [-0.4, -0.2) is 61.2 Å². The lowest BCUT2D eigenvalue weighted by Gasteiger charge is -2.34. The van der Waals surface area contributed by atoms with E-state index in [4.69, 9.17) is 9.26 Å². The van der Waals surface area contributed by atoms with Crippen LogP contribution in [0.4, 0.5) is 0 Å². The summed E-state index contributed by atoms with van der Waals surface area (Å²) in [5.74, 6) is 0.420. The fourth-order valence-electron chi connectivity index (χ4n) is 2.18. The fraction of sp³-hybridized carbons (Fsp3) is 0.667. The van der Waals surface area contributed by atoms with E-state index < -0.39 is 0 Å². The fourth-order valence-corrected chi connectivity index (χ4v) is 2.18. The van der Waals surface area contributed by atoms with Gasteiger partial charge in [-0.2, -0.15) is 0 Å². The predicted octanol–water partition coefficient (Wildman–Crippen LogP) is 0.849. The smallest absolute Gasteiger partial charge is 0.292 e. The van der Waals surface area contributed by atoms with Gasteiger partial charge in [-0.3, -0.25) is 4.79 Å². The first-order chi connectivity index (χ1) is 8.61. The molecule has 0 bridgehead atoms. The molecule has 0 aliphatic carbocycles. The quantitative estimate of drug-likeness (QED) is 0.799. The molecule has 1 aliphatic rings. The number of nitrogens with zero attached hydrogens (tertiary/aromatic N) is 3. The van der Waals surface area contributed by atoms with Crippen molar-refractivity contribution in [2.24, 2.45) is 0 Å². The third kappa shape index (κ3) is 2.64. The number of rotatable bonds is 3. The summed E-state index contributed by atoms with van der Waals surface area (Å²) in [7, 11) is 5.40. The van der Waals surface area contributed by atoms with Crippen LogP contribution in [0.15, 0.2) is 10.6 Å². The Bertz CT molecular complexity index is 410. The van der Waals surface area contributed by atoms with Crippen LogP contribution in [0.3, 0.4) is 0 Å². The zero-order valence-corrected chi connectivity index (χ0v) is 11.0. The van der Waals surface area contributed by atoms with Gasteiger partial charge >= 0.3 is 0 Å². The van der Waals surface area contributed by atoms with Gasteiger partial charge in [0.05, 0.1) is 13.2 Å². The molecule has 1 saturated heterocycles. The van der Waals surface area contributed by atoms with Crippen molar-refractivity contribution in [2.45, 2.75) is 18.9 Å². The van der Waals surface area contributed by atoms with Gasteiger partial charge in [-0.25, -0.2) is 0 Å². The normalized spacial score (nSPS) is 17.7. The number of piperidine rings is 1. The van der Waals surface area contributed by atoms with Gasteiger partial charge in [0.15, 0.2) is 0 Å². The van der Waals surface area contributed by atoms with Crippen molar-refractivity contribution in [1.82, 2.24) is 15.0 Å². The Balaban J connectivity index is 1.99. The topological polar surface area (TPSA) is 58.8 Å². The number of carbonyl (C=O) groups excluding carboxylic acids is 1. The summed E-state index contributed by atoms with van der Waals surface area (Å²) in [5.41, 5.74) is 0. The van der Waals surface area contributed by atoms with E-state index >= 15 is 0 Å². The molecule has 1 amide bonds. The van der Waals surface area contributed by atoms with Crippen molar-refractivity contribution in [1.29, 1.82) is 0 Å². The van der Waals surface area contributed by atoms with E-state index in [2.05, 4.69) is 17.1 Å². The maximum Gasteiger partial charge on any atom is 0.292 e. The van der Waals surface area contributed by atoms with Gasteiger partial charge in [0.25, 0.3) is 11.8 Å². The van der Waals surface area contributed by atoms with Crippen molar-refractivity contribution in [3.8, 4) is 5.88 Å². The van der Waals surface area contributed by atoms with Gasteiger partial charge in [0.2, 0.25) is 5.76 Å². The lowest BCUT2D eigenvalue weighted by molar-refractivity contribution is 0.0618. The maximum absolute atomic E-state index is 12.2. The lowest BCUT2D eigenvalue weighted by Crippen LogP contribution is -2.44. The molecular formula is C12H19N3O3. The first-order valence-electron chi connectivity index (χ1n) is 6.08. The molecule has 0 radical (unpaired) electrons. The van der Waals surface area contributed by atoms with Gasteiger partial charge in [0.1, 0.15) is 0 Å². The largest absolute Gasteiger partial charge is 0.479 e. The van der Waals surface area contributed by atoms with E-state index in [-0.39, 0.29) is 17.7 Å². The SMILES string of the molecule is COc1cc(C(=O)N(C)C2CCN(C)CC2)on1. The van der Waals surface area contributed by atoms with Gasteiger partial charge in [-0.15, -0.1) is 0 Å². The molecular weight excluding hydrogens is 234 g/mol. The van der Waals surface area contributed by atoms with Crippen LogP contribution in [0.1, 0.15) is 23.4 Å². The Morgan fingerprint density at radius 3 is 2.78 bits per heavy atom. The van der Waals surface area contributed by atoms with Gasteiger partial charge in [0, 0.05) is 13.1 Å². The zero-order chi connectivity index (χ0) is 13.1. The van der Waals surface area contributed by atoms with Gasteiger partial charge in [-0.05, 0) is 38.1 Å². The highest BCUT2D eigenvalue weighted by Crippen LogP contribution is 2.18. The van der Waals surface area contributed by atoms with Crippen molar-refractivity contribution >= 4 is 5.91 Å². The molecule has 1 aromatic heterocycles. The molecule has 1 aromatic rings. The minimum absolute atomic E-state index is 0.139. The predicted molar refractivity (Wildman–Crippen MR) is 65.7 cm³/mol. The summed E-state index contributed by atoms with van der Waals surface area (Å²) >= 11 is 0. The first-order valence-corrected chi connectivity index (χ1v) is 6.08. The molecule has 0 atom stereocenters. The second kappa shape index (κ2) is 5.39. The molecule has 6 nitrogen and oxygen atoms in total. The van der Waals surface area contributed by atoms with E-state index in [0.717, 1.165) is 25.9 Å². The standard InChI is InChI=1S/C12H19N3O3/c1-14-6-4-9(5-7-14)15(2)12(16)10-8-11(17-3)13-18-10/h8-9H,4-7H2,1-3H3. The van der Waals surface area contributed by atoms with Crippen molar-refractivity contribution < 1.29 is 14.1 Å². The molecule has 1 fully saturated rings. The van der Waals surface area contributed by atoms with Crippen LogP contribution in [-0.2, 0) is 0 Å². The molecule has 100 valence electrons. The number of likely N-dealkylation sites (tertiary alicyclic amines) is 1. The Morgan fingerprint density at radius 2 is 2.22 bits per heavy atom. The molecule has 6 heteroatoms. The Morgan fingerprint density at radius 1 is 1.56 bits per heavy atom. The Labute approximate surface area is 106 Å². The third-order valence-electron chi connectivity index (χ3n) is 3.46. The number of ether oxygens (including phenoxy) is 1. The van der Waals surface area contributed by atoms with E-state index in [9.17, 15) is 4.79 Å². The molecule has 2 rings (SSSR count). The number of carbonyl (C=O) groups is 1. The van der Waals surface area contributed by atoms with Crippen LogP contribution >= 0.6 is 0 Å². The summed E-state index contributed by atoms with van der Waals surface area (Å²) in [6.07, 6.45) is 1.98. The van der Waals surface area contributed by atoms with Crippen LogP contribution in [0.2, 0.25) is 0 Å². The van der Waals surface area contributed by atoms with Gasteiger partial charge < -0.3 is 19.1 Å². The summed E-state index contributed by atoms with van der Waals surface area (Å²) in [5, 5.41) is 3.64. The van der Waals surface area contributed by atoms with E-state index in [1.165, 1.54) is 13.2 Å². The zero-order valence-electron chi connectivity index (χ0n) is 11.0. The number of hydrogen-bond acceptors (Lipinski definition) is 5. The summed E-state index contributed by atoms with van der Waals surface area (Å²) < 4.78 is 9.88. The van der Waals surface area contributed by atoms with Gasteiger partial charge in [-0.1, -0.05) is 0 Å². The summed E-state index contributed by atoms with van der Waals surface area (Å²) in [4.78, 5) is 16.2. The number of aromatic nitrogens is 1. The highest BCUT2D eigenvalue weighted by Gasteiger charge is 2.27. The minimum atomic E-state index is -0.139.